The number of hydrogen-bond donors (Lipinski definition) is 0. The van der Waals surface area contributed by atoms with Crippen LogP contribution >= 0.6 is 0 Å². The summed E-state index contributed by atoms with van der Waals surface area (Å²) in [4.78, 5) is 0. The van der Waals surface area contributed by atoms with Crippen molar-refractivity contribution in [1.29, 1.82) is 0 Å². The highest BCUT2D eigenvalue weighted by Crippen LogP contribution is 2.07. The average Bonchev–Trinajstić information content (AvgIpc) is 2.14. The highest BCUT2D eigenvalue weighted by molar-refractivity contribution is 7.47. The van der Waals surface area contributed by atoms with Gasteiger partial charge in [-0.25, -0.2) is 0 Å². The second kappa shape index (κ2) is 8.86. The molecule has 110 valence electrons. The molecule has 0 aliphatic heterocycles. The van der Waals surface area contributed by atoms with E-state index in [0.717, 1.165) is 24.2 Å². The summed E-state index contributed by atoms with van der Waals surface area (Å²) in [7, 11) is 1.42. The zero-order valence-electron chi connectivity index (χ0n) is 14.2. The fourth-order valence-corrected chi connectivity index (χ4v) is 35.1. The summed E-state index contributed by atoms with van der Waals surface area (Å²) in [6, 6.07) is 3.12. The molecule has 0 radical (unpaired) electrons. The molecule has 0 bridgehead atoms. The zero-order valence-corrected chi connectivity index (χ0v) is 20.2. The molecule has 0 aliphatic carbocycles. The SMILES string of the molecule is CC(C)N([SiH2][SiH2][SiH]([SiH3])N(C(C)C)C(C)C)C(C)C. The Labute approximate surface area is 124 Å². The quantitative estimate of drug-likeness (QED) is 0.555. The minimum atomic E-state index is -0.440. The smallest absolute Gasteiger partial charge is 0.0786 e. The van der Waals surface area contributed by atoms with Gasteiger partial charge in [-0.3, -0.25) is 0 Å². The van der Waals surface area contributed by atoms with E-state index in [1.165, 1.54) is 9.76 Å². The molecule has 0 N–H and O–H groups in total. The molecule has 0 aromatic heterocycles. The lowest BCUT2D eigenvalue weighted by Crippen LogP contribution is -2.56. The summed E-state index contributed by atoms with van der Waals surface area (Å²) in [5.74, 6) is 0. The first kappa shape index (κ1) is 18.8. The molecule has 1 unspecified atom stereocenters. The molecule has 0 aliphatic rings. The second-order valence-electron chi connectivity index (χ2n) is 6.70. The van der Waals surface area contributed by atoms with Gasteiger partial charge < -0.3 is 9.13 Å². The molecule has 0 amide bonds. The predicted octanol–water partition coefficient (Wildman–Crippen LogP) is -0.526. The lowest BCUT2D eigenvalue weighted by atomic mass is 10.3. The van der Waals surface area contributed by atoms with E-state index in [-0.39, 0.29) is 17.8 Å². The zero-order chi connectivity index (χ0) is 14.5. The molecule has 0 rings (SSSR count). The first-order chi connectivity index (χ1) is 8.18. The van der Waals surface area contributed by atoms with Gasteiger partial charge >= 0.3 is 0 Å². The van der Waals surface area contributed by atoms with E-state index in [2.05, 4.69) is 64.5 Å². The standard InChI is InChI=1S/C12H36N2Si4/c1-9(2)13(10(3)4)16-17-18(15)14(11(5)6)12(7)8/h9-12,18H,16-17H2,1-8,15H3. The fourth-order valence-electron chi connectivity index (χ4n) is 3.21. The third-order valence-corrected chi connectivity index (χ3v) is 42.4. The van der Waals surface area contributed by atoms with E-state index in [1.54, 1.807) is 0 Å². The fraction of sp³-hybridized carbons (Fsp3) is 1.00. The molecule has 0 spiro atoms. The first-order valence-corrected chi connectivity index (χ1v) is 20.7. The van der Waals surface area contributed by atoms with Crippen LogP contribution in [0.15, 0.2) is 0 Å². The normalized spacial score (nSPS) is 16.3. The summed E-state index contributed by atoms with van der Waals surface area (Å²) in [5.41, 5.74) is 0. The van der Waals surface area contributed by atoms with Crippen molar-refractivity contribution < 1.29 is 0 Å². The molecule has 0 fully saturated rings. The summed E-state index contributed by atoms with van der Waals surface area (Å²) < 4.78 is 5.77. The summed E-state index contributed by atoms with van der Waals surface area (Å²) in [6.07, 6.45) is 0. The van der Waals surface area contributed by atoms with Gasteiger partial charge in [-0.2, -0.15) is 0 Å². The second-order valence-corrected chi connectivity index (χ2v) is 31.5. The van der Waals surface area contributed by atoms with Crippen LogP contribution in [0, 0.1) is 0 Å². The van der Waals surface area contributed by atoms with E-state index in [4.69, 9.17) is 0 Å². The maximum atomic E-state index is 2.92. The molecular weight excluding hydrogens is 284 g/mol. The van der Waals surface area contributed by atoms with Gasteiger partial charge in [-0.05, 0) is 24.2 Å². The lowest BCUT2D eigenvalue weighted by Gasteiger charge is -2.38. The highest BCUT2D eigenvalue weighted by atomic mass is 29.7. The van der Waals surface area contributed by atoms with Crippen LogP contribution in [0.25, 0.3) is 0 Å². The van der Waals surface area contributed by atoms with Gasteiger partial charge in [0.2, 0.25) is 0 Å². The van der Waals surface area contributed by atoms with Crippen molar-refractivity contribution in [3.8, 4) is 0 Å². The Morgan fingerprint density at radius 1 is 0.778 bits per heavy atom. The largest absolute Gasteiger partial charge is 0.328 e. The maximum Gasteiger partial charge on any atom is 0.0786 e. The topological polar surface area (TPSA) is 6.48 Å². The van der Waals surface area contributed by atoms with Crippen molar-refractivity contribution in [2.45, 2.75) is 79.6 Å². The number of nitrogens with zero attached hydrogens (tertiary/aromatic N) is 2. The Kier molecular flexibility index (Phi) is 9.25. The van der Waals surface area contributed by atoms with Gasteiger partial charge in [0.05, 0.1) is 17.2 Å². The number of rotatable bonds is 8. The van der Waals surface area contributed by atoms with E-state index in [1.807, 2.05) is 0 Å². The maximum absolute atomic E-state index is 2.92. The van der Waals surface area contributed by atoms with Gasteiger partial charge in [0.25, 0.3) is 0 Å². The lowest BCUT2D eigenvalue weighted by molar-refractivity contribution is 0.312. The third-order valence-electron chi connectivity index (χ3n) is 3.83. The van der Waals surface area contributed by atoms with E-state index in [0.29, 0.717) is 0 Å². The van der Waals surface area contributed by atoms with Crippen LogP contribution in [-0.2, 0) is 0 Å². The predicted molar refractivity (Wildman–Crippen MR) is 98.4 cm³/mol. The molecule has 0 aromatic rings. The van der Waals surface area contributed by atoms with Crippen LogP contribution in [-0.4, -0.2) is 68.8 Å². The van der Waals surface area contributed by atoms with Crippen LogP contribution < -0.4 is 0 Å². The summed E-state index contributed by atoms with van der Waals surface area (Å²) >= 11 is 0. The molecular formula is C12H36N2Si4. The van der Waals surface area contributed by atoms with E-state index in [9.17, 15) is 0 Å². The van der Waals surface area contributed by atoms with Crippen molar-refractivity contribution in [2.24, 2.45) is 0 Å². The van der Waals surface area contributed by atoms with Crippen molar-refractivity contribution in [3.05, 3.63) is 0 Å². The Balaban J connectivity index is 4.41. The van der Waals surface area contributed by atoms with Crippen LogP contribution in [0.4, 0.5) is 0 Å². The van der Waals surface area contributed by atoms with Crippen LogP contribution in [0.2, 0.25) is 0 Å². The van der Waals surface area contributed by atoms with E-state index < -0.39 is 7.99 Å². The average molecular weight is 321 g/mol. The molecule has 6 heteroatoms. The molecule has 18 heavy (non-hydrogen) atoms. The minimum Gasteiger partial charge on any atom is -0.328 e. The van der Waals surface area contributed by atoms with Crippen molar-refractivity contribution >= 4 is 35.5 Å². The van der Waals surface area contributed by atoms with Gasteiger partial charge in [0.1, 0.15) is 0 Å². The third kappa shape index (κ3) is 6.29. The van der Waals surface area contributed by atoms with Crippen molar-refractivity contribution in [2.75, 3.05) is 0 Å². The van der Waals surface area contributed by atoms with Crippen LogP contribution in [0.3, 0.4) is 0 Å². The van der Waals surface area contributed by atoms with E-state index >= 15 is 0 Å². The monoisotopic (exact) mass is 320 g/mol. The molecule has 1 atom stereocenters. The molecule has 2 nitrogen and oxygen atoms in total. The first-order valence-electron chi connectivity index (χ1n) is 7.71. The summed E-state index contributed by atoms with van der Waals surface area (Å²) in [6.45, 7) is 19.1. The minimum absolute atomic E-state index is 0.103. The Morgan fingerprint density at radius 3 is 1.44 bits per heavy atom. The Bertz CT molecular complexity index is 206. The van der Waals surface area contributed by atoms with Crippen molar-refractivity contribution in [3.63, 3.8) is 0 Å². The molecule has 0 heterocycles. The Hall–Kier alpha value is 0.788. The van der Waals surface area contributed by atoms with Gasteiger partial charge in [0.15, 0.2) is 0 Å². The highest BCUT2D eigenvalue weighted by Gasteiger charge is 2.23. The molecule has 0 saturated heterocycles. The van der Waals surface area contributed by atoms with Crippen LogP contribution in [0.1, 0.15) is 55.4 Å². The number of hydrogen-bond acceptors (Lipinski definition) is 2. The van der Waals surface area contributed by atoms with Crippen molar-refractivity contribution in [1.82, 2.24) is 9.13 Å². The Morgan fingerprint density at radius 2 is 1.17 bits per heavy atom. The van der Waals surface area contributed by atoms with Gasteiger partial charge in [-0.15, -0.1) is 0 Å². The molecule has 0 saturated carbocycles. The summed E-state index contributed by atoms with van der Waals surface area (Å²) in [5, 5.41) is 0. The van der Waals surface area contributed by atoms with Gasteiger partial charge in [-0.1, -0.05) is 55.4 Å². The van der Waals surface area contributed by atoms with Gasteiger partial charge in [0, 0.05) is 18.3 Å². The van der Waals surface area contributed by atoms with Crippen LogP contribution in [0.5, 0.6) is 0 Å². The molecule has 0 aromatic carbocycles.